The van der Waals surface area contributed by atoms with Gasteiger partial charge in [0.15, 0.2) is 5.82 Å². The van der Waals surface area contributed by atoms with Gasteiger partial charge in [-0.2, -0.15) is 10.1 Å². The summed E-state index contributed by atoms with van der Waals surface area (Å²) in [5, 5.41) is 14.1. The van der Waals surface area contributed by atoms with Gasteiger partial charge >= 0.3 is 0 Å². The topological polar surface area (TPSA) is 62.7 Å². The summed E-state index contributed by atoms with van der Waals surface area (Å²) in [7, 11) is 0. The highest BCUT2D eigenvalue weighted by atomic mass is 15.3. The van der Waals surface area contributed by atoms with Gasteiger partial charge in [-0.05, 0) is 23.1 Å². The van der Waals surface area contributed by atoms with E-state index in [4.69, 9.17) is 0 Å². The van der Waals surface area contributed by atoms with E-state index in [1.165, 1.54) is 5.56 Å². The van der Waals surface area contributed by atoms with Crippen LogP contribution < -0.4 is 10.6 Å². The van der Waals surface area contributed by atoms with E-state index in [9.17, 15) is 0 Å². The van der Waals surface area contributed by atoms with Crippen LogP contribution in [-0.2, 0) is 5.41 Å². The van der Waals surface area contributed by atoms with Crippen LogP contribution in [0.25, 0.3) is 0 Å². The minimum Gasteiger partial charge on any atom is -0.365 e. The first-order valence-corrected chi connectivity index (χ1v) is 6.91. The Labute approximate surface area is 125 Å². The van der Waals surface area contributed by atoms with Crippen molar-refractivity contribution in [2.45, 2.75) is 26.2 Å². The molecule has 21 heavy (non-hydrogen) atoms. The Balaban J connectivity index is 2.09. The lowest BCUT2D eigenvalue weighted by Gasteiger charge is -2.19. The monoisotopic (exact) mass is 283 g/mol. The van der Waals surface area contributed by atoms with Gasteiger partial charge in [-0.1, -0.05) is 39.0 Å². The normalized spacial score (nSPS) is 11.0. The Kier molecular flexibility index (Phi) is 4.52. The molecule has 0 fully saturated rings. The zero-order valence-corrected chi connectivity index (χ0v) is 12.7. The summed E-state index contributed by atoms with van der Waals surface area (Å²) in [6.45, 7) is 10.9. The fourth-order valence-corrected chi connectivity index (χ4v) is 1.80. The van der Waals surface area contributed by atoms with Gasteiger partial charge in [-0.25, -0.2) is 0 Å². The predicted octanol–water partition coefficient (Wildman–Crippen LogP) is 3.51. The molecule has 1 aromatic carbocycles. The van der Waals surface area contributed by atoms with Crippen molar-refractivity contribution in [1.82, 2.24) is 15.2 Å². The van der Waals surface area contributed by atoms with E-state index in [1.807, 2.05) is 12.1 Å². The van der Waals surface area contributed by atoms with Crippen molar-refractivity contribution in [1.29, 1.82) is 0 Å². The van der Waals surface area contributed by atoms with Crippen molar-refractivity contribution in [3.8, 4) is 0 Å². The van der Waals surface area contributed by atoms with Crippen LogP contribution in [0.3, 0.4) is 0 Å². The summed E-state index contributed by atoms with van der Waals surface area (Å²) >= 11 is 0. The third kappa shape index (κ3) is 4.27. The summed E-state index contributed by atoms with van der Waals surface area (Å²) in [5.74, 6) is 1.13. The molecule has 0 atom stereocenters. The molecule has 0 amide bonds. The van der Waals surface area contributed by atoms with Crippen molar-refractivity contribution in [2.24, 2.45) is 0 Å². The highest BCUT2D eigenvalue weighted by Gasteiger charge is 2.12. The molecule has 2 aromatic rings. The average Bonchev–Trinajstić information content (AvgIpc) is 2.45. The fourth-order valence-electron chi connectivity index (χ4n) is 1.80. The zero-order valence-electron chi connectivity index (χ0n) is 12.7. The van der Waals surface area contributed by atoms with Crippen LogP contribution in [0.1, 0.15) is 26.3 Å². The van der Waals surface area contributed by atoms with E-state index in [0.717, 1.165) is 5.69 Å². The Morgan fingerprint density at radius 2 is 1.90 bits per heavy atom. The van der Waals surface area contributed by atoms with Crippen molar-refractivity contribution in [3.05, 3.63) is 48.7 Å². The minimum atomic E-state index is 0.144. The number of aromatic nitrogens is 3. The number of hydrogen-bond acceptors (Lipinski definition) is 5. The number of nitrogens with zero attached hydrogens (tertiary/aromatic N) is 3. The SMILES string of the molecule is C=CCNc1cnnc(Nc2ccc(C(C)(C)C)cc2)n1. The third-order valence-corrected chi connectivity index (χ3v) is 2.99. The van der Waals surface area contributed by atoms with E-state index < -0.39 is 0 Å². The van der Waals surface area contributed by atoms with E-state index in [2.05, 4.69) is 65.3 Å². The van der Waals surface area contributed by atoms with Crippen LogP contribution in [0.15, 0.2) is 43.1 Å². The largest absolute Gasteiger partial charge is 0.365 e. The summed E-state index contributed by atoms with van der Waals surface area (Å²) in [4.78, 5) is 4.33. The second-order valence-corrected chi connectivity index (χ2v) is 5.79. The second-order valence-electron chi connectivity index (χ2n) is 5.79. The molecule has 0 saturated carbocycles. The molecular formula is C16H21N5. The molecule has 0 saturated heterocycles. The molecule has 0 unspecified atom stereocenters. The lowest BCUT2D eigenvalue weighted by molar-refractivity contribution is 0.590. The zero-order chi connectivity index (χ0) is 15.3. The molecule has 1 heterocycles. The predicted molar refractivity (Wildman–Crippen MR) is 86.9 cm³/mol. The van der Waals surface area contributed by atoms with Gasteiger partial charge in [0.1, 0.15) is 0 Å². The van der Waals surface area contributed by atoms with Gasteiger partial charge in [0.05, 0.1) is 6.20 Å². The van der Waals surface area contributed by atoms with Crippen LogP contribution in [0.2, 0.25) is 0 Å². The molecule has 0 radical (unpaired) electrons. The first-order chi connectivity index (χ1) is 9.99. The van der Waals surface area contributed by atoms with E-state index >= 15 is 0 Å². The maximum Gasteiger partial charge on any atom is 0.249 e. The summed E-state index contributed by atoms with van der Waals surface area (Å²) in [5.41, 5.74) is 2.37. The van der Waals surface area contributed by atoms with Gasteiger partial charge in [-0.3, -0.25) is 0 Å². The molecule has 0 aliphatic carbocycles. The quantitative estimate of drug-likeness (QED) is 0.822. The van der Waals surface area contributed by atoms with E-state index in [0.29, 0.717) is 18.3 Å². The number of rotatable bonds is 5. The molecule has 0 aliphatic rings. The molecule has 2 rings (SSSR count). The Bertz CT molecular complexity index is 599. The highest BCUT2D eigenvalue weighted by molar-refractivity contribution is 5.55. The molecular weight excluding hydrogens is 262 g/mol. The Morgan fingerprint density at radius 1 is 1.19 bits per heavy atom. The van der Waals surface area contributed by atoms with E-state index in [-0.39, 0.29) is 5.41 Å². The molecule has 5 heteroatoms. The van der Waals surface area contributed by atoms with Crippen molar-refractivity contribution in [3.63, 3.8) is 0 Å². The molecule has 1 aromatic heterocycles. The van der Waals surface area contributed by atoms with E-state index in [1.54, 1.807) is 12.3 Å². The maximum absolute atomic E-state index is 4.33. The van der Waals surface area contributed by atoms with Crippen LogP contribution in [-0.4, -0.2) is 21.7 Å². The Hall–Kier alpha value is -2.43. The lowest BCUT2D eigenvalue weighted by Crippen LogP contribution is -2.10. The summed E-state index contributed by atoms with van der Waals surface area (Å²) in [6, 6.07) is 8.26. The standard InChI is InChI=1S/C16H21N5/c1-5-10-17-14-11-18-21-15(20-14)19-13-8-6-12(7-9-13)16(2,3)4/h5-9,11H,1,10H2,2-4H3,(H2,17,19,20,21). The molecule has 110 valence electrons. The van der Waals surface area contributed by atoms with Crippen LogP contribution in [0, 0.1) is 0 Å². The summed E-state index contributed by atoms with van der Waals surface area (Å²) < 4.78 is 0. The van der Waals surface area contributed by atoms with Crippen LogP contribution >= 0.6 is 0 Å². The molecule has 0 bridgehead atoms. The minimum absolute atomic E-state index is 0.144. The summed E-state index contributed by atoms with van der Waals surface area (Å²) in [6.07, 6.45) is 3.35. The van der Waals surface area contributed by atoms with Gasteiger partial charge in [-0.15, -0.1) is 11.7 Å². The van der Waals surface area contributed by atoms with Crippen molar-refractivity contribution < 1.29 is 0 Å². The van der Waals surface area contributed by atoms with Crippen molar-refractivity contribution >= 4 is 17.5 Å². The van der Waals surface area contributed by atoms with Crippen molar-refractivity contribution in [2.75, 3.05) is 17.2 Å². The first-order valence-electron chi connectivity index (χ1n) is 6.91. The van der Waals surface area contributed by atoms with Gasteiger partial charge in [0.2, 0.25) is 5.95 Å². The molecule has 2 N–H and O–H groups in total. The number of nitrogens with one attached hydrogen (secondary N) is 2. The first kappa shape index (κ1) is 15.0. The number of hydrogen-bond donors (Lipinski definition) is 2. The fraction of sp³-hybridized carbons (Fsp3) is 0.312. The number of benzene rings is 1. The van der Waals surface area contributed by atoms with Gasteiger partial charge in [0.25, 0.3) is 0 Å². The third-order valence-electron chi connectivity index (χ3n) is 2.99. The molecule has 5 nitrogen and oxygen atoms in total. The molecule has 0 aliphatic heterocycles. The maximum atomic E-state index is 4.33. The highest BCUT2D eigenvalue weighted by Crippen LogP contribution is 2.24. The smallest absolute Gasteiger partial charge is 0.249 e. The van der Waals surface area contributed by atoms with Crippen LogP contribution in [0.4, 0.5) is 17.5 Å². The van der Waals surface area contributed by atoms with Crippen LogP contribution in [0.5, 0.6) is 0 Å². The lowest BCUT2D eigenvalue weighted by atomic mass is 9.87. The second kappa shape index (κ2) is 6.35. The Morgan fingerprint density at radius 3 is 2.52 bits per heavy atom. The number of anilines is 3. The van der Waals surface area contributed by atoms with Gasteiger partial charge < -0.3 is 10.6 Å². The average molecular weight is 283 g/mol. The van der Waals surface area contributed by atoms with Gasteiger partial charge in [0, 0.05) is 12.2 Å². The molecule has 0 spiro atoms.